The van der Waals surface area contributed by atoms with Crippen molar-refractivity contribution in [2.45, 2.75) is 51.8 Å². The van der Waals surface area contributed by atoms with Crippen molar-refractivity contribution < 1.29 is 14.3 Å². The lowest BCUT2D eigenvalue weighted by Crippen LogP contribution is -2.50. The molecule has 0 bridgehead atoms. The van der Waals surface area contributed by atoms with Gasteiger partial charge in [-0.05, 0) is 51.3 Å². The van der Waals surface area contributed by atoms with Gasteiger partial charge < -0.3 is 19.1 Å². The number of nitrogens with zero attached hydrogens (tertiary/aromatic N) is 3. The summed E-state index contributed by atoms with van der Waals surface area (Å²) in [7, 11) is 0. The number of amides is 2. The molecule has 30 heavy (non-hydrogen) atoms. The van der Waals surface area contributed by atoms with Crippen LogP contribution < -0.4 is 0 Å². The number of benzene rings is 1. The fraction of sp³-hybridized carbons (Fsp3) is 0.500. The van der Waals surface area contributed by atoms with E-state index in [1.54, 1.807) is 4.90 Å². The van der Waals surface area contributed by atoms with Crippen LogP contribution in [0.1, 0.15) is 50.9 Å². The molecule has 6 heteroatoms. The van der Waals surface area contributed by atoms with Crippen molar-refractivity contribution in [1.82, 2.24) is 14.4 Å². The van der Waals surface area contributed by atoms with Gasteiger partial charge >= 0.3 is 6.09 Å². The van der Waals surface area contributed by atoms with E-state index < -0.39 is 5.60 Å². The molecule has 0 unspecified atom stereocenters. The summed E-state index contributed by atoms with van der Waals surface area (Å²) in [5.41, 5.74) is 1.72. The predicted octanol–water partition coefficient (Wildman–Crippen LogP) is 4.07. The van der Waals surface area contributed by atoms with Crippen molar-refractivity contribution in [3.63, 3.8) is 0 Å². The topological polar surface area (TPSA) is 54.8 Å². The molecule has 4 rings (SSSR count). The lowest BCUT2D eigenvalue weighted by atomic mass is 9.93. The number of carbonyl (C=O) groups is 2. The van der Waals surface area contributed by atoms with E-state index >= 15 is 0 Å². The monoisotopic (exact) mass is 409 g/mol. The van der Waals surface area contributed by atoms with Crippen molar-refractivity contribution in [3.8, 4) is 0 Å². The average molecular weight is 410 g/mol. The molecule has 2 aliphatic rings. The Balaban J connectivity index is 1.55. The van der Waals surface area contributed by atoms with Crippen LogP contribution in [-0.2, 0) is 16.1 Å². The van der Waals surface area contributed by atoms with Gasteiger partial charge in [0.1, 0.15) is 5.60 Å². The van der Waals surface area contributed by atoms with E-state index in [-0.39, 0.29) is 24.0 Å². The first kappa shape index (κ1) is 20.5. The zero-order chi connectivity index (χ0) is 21.3. The largest absolute Gasteiger partial charge is 0.444 e. The van der Waals surface area contributed by atoms with Gasteiger partial charge in [0.2, 0.25) is 5.91 Å². The first-order chi connectivity index (χ1) is 14.3. The van der Waals surface area contributed by atoms with Crippen LogP contribution in [0.15, 0.2) is 48.7 Å². The van der Waals surface area contributed by atoms with Crippen LogP contribution in [0.5, 0.6) is 0 Å². The molecule has 3 heterocycles. The third kappa shape index (κ3) is 4.23. The Bertz CT molecular complexity index is 900. The third-order valence-electron chi connectivity index (χ3n) is 5.86. The Morgan fingerprint density at radius 3 is 2.50 bits per heavy atom. The Labute approximate surface area is 178 Å². The first-order valence-electron chi connectivity index (χ1n) is 10.8. The zero-order valence-electron chi connectivity index (χ0n) is 18.1. The number of hydrogen-bond donors (Lipinski definition) is 0. The fourth-order valence-electron chi connectivity index (χ4n) is 4.51. The molecule has 2 aromatic rings. The summed E-state index contributed by atoms with van der Waals surface area (Å²) < 4.78 is 7.77. The van der Waals surface area contributed by atoms with Gasteiger partial charge in [-0.1, -0.05) is 30.3 Å². The predicted molar refractivity (Wildman–Crippen MR) is 115 cm³/mol. The Morgan fingerprint density at radius 1 is 1.00 bits per heavy atom. The maximum absolute atomic E-state index is 13.7. The molecular weight excluding hydrogens is 378 g/mol. The molecule has 1 saturated heterocycles. The molecule has 0 N–H and O–H groups in total. The molecule has 1 aromatic heterocycles. The van der Waals surface area contributed by atoms with Gasteiger partial charge in [0.05, 0.1) is 12.0 Å². The molecule has 1 aromatic carbocycles. The first-order valence-corrected chi connectivity index (χ1v) is 10.8. The minimum Gasteiger partial charge on any atom is -0.444 e. The number of fused-ring (bicyclic) bond motifs is 1. The van der Waals surface area contributed by atoms with Crippen molar-refractivity contribution in [1.29, 1.82) is 0 Å². The maximum atomic E-state index is 13.7. The lowest BCUT2D eigenvalue weighted by molar-refractivity contribution is -0.140. The van der Waals surface area contributed by atoms with Gasteiger partial charge in [0.25, 0.3) is 0 Å². The van der Waals surface area contributed by atoms with E-state index in [2.05, 4.69) is 29.0 Å². The SMILES string of the molecule is CC(C)(C)OC(=O)N1CCC[C@@H](C(=O)N2CCn3cccc3[C@H]2c2ccccc2)C1. The van der Waals surface area contributed by atoms with Gasteiger partial charge in [-0.15, -0.1) is 0 Å². The third-order valence-corrected chi connectivity index (χ3v) is 5.86. The summed E-state index contributed by atoms with van der Waals surface area (Å²) in [4.78, 5) is 29.9. The normalized spacial score (nSPS) is 21.8. The summed E-state index contributed by atoms with van der Waals surface area (Å²) >= 11 is 0. The standard InChI is InChI=1S/C24H31N3O3/c1-24(2,3)30-23(29)26-14-7-11-19(17-26)22(28)27-16-15-25-13-8-12-20(25)21(27)18-9-5-4-6-10-18/h4-6,8-10,12-13,19,21H,7,11,14-17H2,1-3H3/t19-,21-/m1/s1. The number of ether oxygens (including phenoxy) is 1. The summed E-state index contributed by atoms with van der Waals surface area (Å²) in [5.74, 6) is -0.0662. The van der Waals surface area contributed by atoms with E-state index in [1.165, 1.54) is 0 Å². The molecule has 2 amide bonds. The van der Waals surface area contributed by atoms with Crippen molar-refractivity contribution in [2.75, 3.05) is 19.6 Å². The highest BCUT2D eigenvalue weighted by molar-refractivity contribution is 5.81. The smallest absolute Gasteiger partial charge is 0.410 e. The maximum Gasteiger partial charge on any atom is 0.410 e. The molecule has 1 fully saturated rings. The molecular formula is C24H31N3O3. The Morgan fingerprint density at radius 2 is 1.77 bits per heavy atom. The molecule has 0 radical (unpaired) electrons. The van der Waals surface area contributed by atoms with Crippen LogP contribution in [0, 0.1) is 5.92 Å². The Kier molecular flexibility index (Phi) is 5.58. The van der Waals surface area contributed by atoms with Gasteiger partial charge in [0.15, 0.2) is 0 Å². The zero-order valence-corrected chi connectivity index (χ0v) is 18.1. The number of piperidine rings is 1. The highest BCUT2D eigenvalue weighted by Crippen LogP contribution is 2.34. The molecule has 0 spiro atoms. The second-order valence-corrected chi connectivity index (χ2v) is 9.24. The fourth-order valence-corrected chi connectivity index (χ4v) is 4.51. The summed E-state index contributed by atoms with van der Waals surface area (Å²) in [6.07, 6.45) is 3.37. The van der Waals surface area contributed by atoms with Crippen LogP contribution in [0.3, 0.4) is 0 Å². The molecule has 0 saturated carbocycles. The Hall–Kier alpha value is -2.76. The van der Waals surface area contributed by atoms with Crippen LogP contribution in [0.2, 0.25) is 0 Å². The molecule has 160 valence electrons. The minimum absolute atomic E-state index is 0.0978. The number of likely N-dealkylation sites (tertiary alicyclic amines) is 1. The molecule has 2 atom stereocenters. The summed E-state index contributed by atoms with van der Waals surface area (Å²) in [6, 6.07) is 14.3. The highest BCUT2D eigenvalue weighted by Gasteiger charge is 2.38. The molecule has 2 aliphatic heterocycles. The minimum atomic E-state index is -0.537. The van der Waals surface area contributed by atoms with E-state index in [9.17, 15) is 9.59 Å². The van der Waals surface area contributed by atoms with E-state index in [0.717, 1.165) is 30.6 Å². The summed E-state index contributed by atoms with van der Waals surface area (Å²) in [5, 5.41) is 0. The van der Waals surface area contributed by atoms with Gasteiger partial charge in [-0.2, -0.15) is 0 Å². The quantitative estimate of drug-likeness (QED) is 0.751. The molecule has 6 nitrogen and oxygen atoms in total. The number of aromatic nitrogens is 1. The number of carbonyl (C=O) groups excluding carboxylic acids is 2. The number of rotatable bonds is 2. The van der Waals surface area contributed by atoms with E-state index in [4.69, 9.17) is 4.74 Å². The van der Waals surface area contributed by atoms with Crippen LogP contribution >= 0.6 is 0 Å². The van der Waals surface area contributed by atoms with Crippen LogP contribution in [0.25, 0.3) is 0 Å². The van der Waals surface area contributed by atoms with Gasteiger partial charge in [-0.25, -0.2) is 4.79 Å². The van der Waals surface area contributed by atoms with Crippen LogP contribution in [0.4, 0.5) is 4.79 Å². The van der Waals surface area contributed by atoms with E-state index in [0.29, 0.717) is 19.6 Å². The van der Waals surface area contributed by atoms with Gasteiger partial charge in [-0.3, -0.25) is 4.79 Å². The van der Waals surface area contributed by atoms with Crippen molar-refractivity contribution in [2.24, 2.45) is 5.92 Å². The highest BCUT2D eigenvalue weighted by atomic mass is 16.6. The summed E-state index contributed by atoms with van der Waals surface area (Å²) in [6.45, 7) is 8.12. The lowest BCUT2D eigenvalue weighted by Gasteiger charge is -2.41. The second-order valence-electron chi connectivity index (χ2n) is 9.24. The molecule has 0 aliphatic carbocycles. The van der Waals surface area contributed by atoms with E-state index in [1.807, 2.05) is 49.9 Å². The average Bonchev–Trinajstić information content (AvgIpc) is 3.21. The van der Waals surface area contributed by atoms with Crippen LogP contribution in [-0.4, -0.2) is 51.6 Å². The van der Waals surface area contributed by atoms with Crippen molar-refractivity contribution >= 4 is 12.0 Å². The van der Waals surface area contributed by atoms with Gasteiger partial charge in [0, 0.05) is 38.1 Å². The number of hydrogen-bond acceptors (Lipinski definition) is 3. The van der Waals surface area contributed by atoms with Crippen molar-refractivity contribution in [3.05, 3.63) is 59.9 Å². The second kappa shape index (κ2) is 8.17.